The highest BCUT2D eigenvalue weighted by molar-refractivity contribution is 5.83. The molecule has 2 heterocycles. The third-order valence-electron chi connectivity index (χ3n) is 4.74. The van der Waals surface area contributed by atoms with Gasteiger partial charge in [0.25, 0.3) is 0 Å². The molecule has 126 valence electrons. The lowest BCUT2D eigenvalue weighted by Crippen LogP contribution is -2.37. The Balaban J connectivity index is 1.47. The highest BCUT2D eigenvalue weighted by atomic mass is 16.5. The molecule has 0 unspecified atom stereocenters. The first-order valence-corrected chi connectivity index (χ1v) is 8.68. The van der Waals surface area contributed by atoms with Crippen LogP contribution in [-0.4, -0.2) is 35.4 Å². The number of benzene rings is 2. The molecule has 1 aliphatic rings. The summed E-state index contributed by atoms with van der Waals surface area (Å²) >= 11 is 0. The summed E-state index contributed by atoms with van der Waals surface area (Å²) in [5.41, 5.74) is 3.27. The second-order valence-corrected chi connectivity index (χ2v) is 6.42. The number of aromatic nitrogens is 1. The van der Waals surface area contributed by atoms with Gasteiger partial charge in [-0.25, -0.2) is 0 Å². The maximum Gasteiger partial charge on any atom is 0.119 e. The number of piperidine rings is 1. The summed E-state index contributed by atoms with van der Waals surface area (Å²) in [6.07, 6.45) is 5.51. The van der Waals surface area contributed by atoms with Crippen molar-refractivity contribution in [2.24, 2.45) is 0 Å². The first kappa shape index (κ1) is 15.6. The van der Waals surface area contributed by atoms with Gasteiger partial charge in [-0.2, -0.15) is 0 Å². The highest BCUT2D eigenvalue weighted by Crippen LogP contribution is 2.26. The second-order valence-electron chi connectivity index (χ2n) is 6.42. The molecule has 0 saturated carbocycles. The molecular formula is C21H21N3O. The van der Waals surface area contributed by atoms with Gasteiger partial charge in [0.05, 0.1) is 11.9 Å². The molecule has 0 bridgehead atoms. The molecule has 0 aliphatic carbocycles. The minimum Gasteiger partial charge on any atom is -0.490 e. The Labute approximate surface area is 147 Å². The van der Waals surface area contributed by atoms with Gasteiger partial charge < -0.3 is 9.64 Å². The zero-order chi connectivity index (χ0) is 17.1. The van der Waals surface area contributed by atoms with Gasteiger partial charge in [-0.05, 0) is 29.8 Å². The van der Waals surface area contributed by atoms with Crippen molar-refractivity contribution >= 4 is 17.2 Å². The molecule has 0 amide bonds. The molecule has 4 nitrogen and oxygen atoms in total. The van der Waals surface area contributed by atoms with Gasteiger partial charge in [0.2, 0.25) is 0 Å². The van der Waals surface area contributed by atoms with E-state index in [0.717, 1.165) is 53.7 Å². The van der Waals surface area contributed by atoms with Gasteiger partial charge in [0.1, 0.15) is 11.9 Å². The van der Waals surface area contributed by atoms with E-state index in [1.807, 2.05) is 41.4 Å². The second kappa shape index (κ2) is 6.93. The zero-order valence-corrected chi connectivity index (χ0v) is 14.1. The van der Waals surface area contributed by atoms with E-state index in [0.29, 0.717) is 0 Å². The van der Waals surface area contributed by atoms with E-state index in [1.165, 1.54) is 6.34 Å². The summed E-state index contributed by atoms with van der Waals surface area (Å²) in [6, 6.07) is 18.6. The van der Waals surface area contributed by atoms with Crippen molar-refractivity contribution in [3.8, 4) is 16.9 Å². The van der Waals surface area contributed by atoms with Crippen molar-refractivity contribution in [1.29, 1.82) is 5.41 Å². The third-order valence-corrected chi connectivity index (χ3v) is 4.74. The maximum absolute atomic E-state index is 7.29. The Kier molecular flexibility index (Phi) is 4.34. The smallest absolute Gasteiger partial charge is 0.119 e. The summed E-state index contributed by atoms with van der Waals surface area (Å²) in [5.74, 6) is 0.908. The molecule has 0 atom stereocenters. The van der Waals surface area contributed by atoms with Gasteiger partial charge in [-0.1, -0.05) is 30.3 Å². The summed E-state index contributed by atoms with van der Waals surface area (Å²) in [4.78, 5) is 6.56. The lowest BCUT2D eigenvalue weighted by molar-refractivity contribution is 0.132. The topological polar surface area (TPSA) is 49.2 Å². The van der Waals surface area contributed by atoms with Crippen LogP contribution in [0.2, 0.25) is 0 Å². The van der Waals surface area contributed by atoms with E-state index in [4.69, 9.17) is 10.1 Å². The fourth-order valence-corrected chi connectivity index (χ4v) is 3.27. The molecular weight excluding hydrogens is 310 g/mol. The van der Waals surface area contributed by atoms with Crippen LogP contribution in [0.1, 0.15) is 12.8 Å². The Morgan fingerprint density at radius 3 is 2.52 bits per heavy atom. The van der Waals surface area contributed by atoms with Crippen LogP contribution in [-0.2, 0) is 0 Å². The number of likely N-dealkylation sites (tertiary alicyclic amines) is 1. The van der Waals surface area contributed by atoms with Gasteiger partial charge in [-0.15, -0.1) is 0 Å². The van der Waals surface area contributed by atoms with Gasteiger partial charge in [0, 0.05) is 43.1 Å². The van der Waals surface area contributed by atoms with Crippen LogP contribution in [0.4, 0.5) is 0 Å². The van der Waals surface area contributed by atoms with Crippen molar-refractivity contribution in [2.45, 2.75) is 18.9 Å². The molecule has 1 saturated heterocycles. The van der Waals surface area contributed by atoms with Crippen LogP contribution in [0, 0.1) is 5.41 Å². The number of hydrogen-bond acceptors (Lipinski definition) is 3. The predicted molar refractivity (Wildman–Crippen MR) is 101 cm³/mol. The lowest BCUT2D eigenvalue weighted by Gasteiger charge is -2.30. The summed E-state index contributed by atoms with van der Waals surface area (Å²) in [6.45, 7) is 1.80. The molecule has 0 radical (unpaired) electrons. The molecule has 4 rings (SSSR count). The molecule has 0 spiro atoms. The number of hydrogen-bond donors (Lipinski definition) is 1. The van der Waals surface area contributed by atoms with Crippen LogP contribution in [0.5, 0.6) is 5.75 Å². The van der Waals surface area contributed by atoms with E-state index < -0.39 is 0 Å². The Morgan fingerprint density at radius 1 is 1.00 bits per heavy atom. The molecule has 1 aromatic heterocycles. The van der Waals surface area contributed by atoms with Crippen LogP contribution >= 0.6 is 0 Å². The molecule has 3 aromatic rings. The fraction of sp³-hybridized carbons (Fsp3) is 0.238. The van der Waals surface area contributed by atoms with E-state index in [2.05, 4.69) is 29.2 Å². The van der Waals surface area contributed by atoms with Crippen molar-refractivity contribution in [1.82, 2.24) is 9.88 Å². The van der Waals surface area contributed by atoms with E-state index >= 15 is 0 Å². The van der Waals surface area contributed by atoms with E-state index in [-0.39, 0.29) is 6.10 Å². The fourth-order valence-electron chi connectivity index (χ4n) is 3.27. The number of nitrogens with zero attached hydrogens (tertiary/aromatic N) is 2. The first-order valence-electron chi connectivity index (χ1n) is 8.68. The minimum absolute atomic E-state index is 0.240. The average molecular weight is 331 g/mol. The summed E-state index contributed by atoms with van der Waals surface area (Å²) in [5, 5.41) is 8.45. The SMILES string of the molecule is N=CN1CCC(Oc2ccc(-c3cnc4ccccc4c3)cc2)CC1. The van der Waals surface area contributed by atoms with E-state index in [1.54, 1.807) is 0 Å². The monoisotopic (exact) mass is 331 g/mol. The summed E-state index contributed by atoms with van der Waals surface area (Å²) in [7, 11) is 0. The number of fused-ring (bicyclic) bond motifs is 1. The van der Waals surface area contributed by atoms with Crippen LogP contribution in [0.3, 0.4) is 0 Å². The van der Waals surface area contributed by atoms with Crippen molar-refractivity contribution in [2.75, 3.05) is 13.1 Å². The van der Waals surface area contributed by atoms with Gasteiger partial charge >= 0.3 is 0 Å². The molecule has 1 N–H and O–H groups in total. The van der Waals surface area contributed by atoms with Gasteiger partial charge in [-0.3, -0.25) is 10.4 Å². The molecule has 2 aromatic carbocycles. The number of nitrogens with one attached hydrogen (secondary N) is 1. The number of ether oxygens (including phenoxy) is 1. The molecule has 4 heteroatoms. The quantitative estimate of drug-likeness (QED) is 0.571. The van der Waals surface area contributed by atoms with Crippen molar-refractivity contribution in [3.63, 3.8) is 0 Å². The van der Waals surface area contributed by atoms with Crippen LogP contribution in [0.15, 0.2) is 60.8 Å². The zero-order valence-electron chi connectivity index (χ0n) is 14.1. The van der Waals surface area contributed by atoms with Crippen molar-refractivity contribution < 1.29 is 4.74 Å². The van der Waals surface area contributed by atoms with Crippen molar-refractivity contribution in [3.05, 3.63) is 60.8 Å². The Bertz CT molecular complexity index is 868. The highest BCUT2D eigenvalue weighted by Gasteiger charge is 2.18. The minimum atomic E-state index is 0.240. The standard InChI is InChI=1S/C21H21N3O/c22-15-24-11-9-20(10-12-24)25-19-7-5-16(6-8-19)18-13-17-3-1-2-4-21(17)23-14-18/h1-8,13-15,20,22H,9-12H2. The number of pyridine rings is 1. The lowest BCUT2D eigenvalue weighted by atomic mass is 10.1. The van der Waals surface area contributed by atoms with E-state index in [9.17, 15) is 0 Å². The van der Waals surface area contributed by atoms with Crippen LogP contribution < -0.4 is 4.74 Å². The number of para-hydroxylation sites is 1. The molecule has 1 fully saturated rings. The molecule has 25 heavy (non-hydrogen) atoms. The molecule has 1 aliphatic heterocycles. The average Bonchev–Trinajstić information content (AvgIpc) is 2.69. The maximum atomic E-state index is 7.29. The summed E-state index contributed by atoms with van der Waals surface area (Å²) < 4.78 is 6.09. The van der Waals surface area contributed by atoms with Gasteiger partial charge in [0.15, 0.2) is 0 Å². The largest absolute Gasteiger partial charge is 0.490 e. The Hall–Kier alpha value is -2.88. The Morgan fingerprint density at radius 2 is 1.76 bits per heavy atom. The normalized spacial score (nSPS) is 15.3. The predicted octanol–water partition coefficient (Wildman–Crippen LogP) is 4.35. The number of rotatable bonds is 4. The third kappa shape index (κ3) is 3.48. The first-order chi connectivity index (χ1) is 12.3. The van der Waals surface area contributed by atoms with Crippen LogP contribution in [0.25, 0.3) is 22.0 Å².